The number of hydrogen-bond acceptors (Lipinski definition) is 2. The zero-order valence-corrected chi connectivity index (χ0v) is 15.1. The van der Waals surface area contributed by atoms with Crippen LogP contribution in [0.3, 0.4) is 0 Å². The number of fused-ring (bicyclic) bond motifs is 5. The van der Waals surface area contributed by atoms with Gasteiger partial charge in [0, 0.05) is 5.41 Å². The van der Waals surface area contributed by atoms with E-state index in [1.165, 1.54) is 25.7 Å². The number of rotatable bonds is 0. The van der Waals surface area contributed by atoms with Gasteiger partial charge >= 0.3 is 0 Å². The van der Waals surface area contributed by atoms with Crippen molar-refractivity contribution in [1.82, 2.24) is 0 Å². The van der Waals surface area contributed by atoms with Gasteiger partial charge in [-0.25, -0.2) is 0 Å². The van der Waals surface area contributed by atoms with Crippen molar-refractivity contribution in [3.8, 4) is 0 Å². The molecule has 1 N–H and O–H groups in total. The molecule has 0 spiro atoms. The molecule has 126 valence electrons. The Morgan fingerprint density at radius 2 is 1.64 bits per heavy atom. The highest BCUT2D eigenvalue weighted by Gasteiger charge is 2.72. The topological polar surface area (TPSA) is 32.8 Å². The van der Waals surface area contributed by atoms with E-state index in [1.54, 1.807) is 0 Å². The van der Waals surface area contributed by atoms with Crippen LogP contribution in [0.25, 0.3) is 0 Å². The molecular formula is C20H34O2. The average Bonchev–Trinajstić information content (AvgIpc) is 3.08. The van der Waals surface area contributed by atoms with Gasteiger partial charge in [0.15, 0.2) is 5.79 Å². The summed E-state index contributed by atoms with van der Waals surface area (Å²) >= 11 is 0. The van der Waals surface area contributed by atoms with Crippen molar-refractivity contribution in [1.29, 1.82) is 0 Å². The van der Waals surface area contributed by atoms with Crippen LogP contribution in [-0.2, 0) is 4.74 Å². The molecular weight excluding hydrogens is 272 g/mol. The lowest BCUT2D eigenvalue weighted by atomic mass is 9.48. The molecule has 1 aliphatic heterocycles. The van der Waals surface area contributed by atoms with Gasteiger partial charge in [0.05, 0.1) is 0 Å². The van der Waals surface area contributed by atoms with Gasteiger partial charge in [-0.05, 0) is 67.1 Å². The standard InChI is InChI=1S/C20H34O2/c1-12-6-7-14-11-16-13(2)10-17-20(21,22-17)19(16,5)9-8-15(12)18(14,3)4/h12-17,21H,6-11H2,1-5H3/t12-,13-,14+,15+,16-,17?,19+,20?/m1/s1. The highest BCUT2D eigenvalue weighted by atomic mass is 16.7. The Labute approximate surface area is 136 Å². The quantitative estimate of drug-likeness (QED) is 0.663. The first kappa shape index (κ1) is 15.4. The zero-order valence-electron chi connectivity index (χ0n) is 15.1. The van der Waals surface area contributed by atoms with Gasteiger partial charge in [0.1, 0.15) is 6.10 Å². The summed E-state index contributed by atoms with van der Waals surface area (Å²) in [6, 6.07) is 0. The van der Waals surface area contributed by atoms with Crippen molar-refractivity contribution in [3.63, 3.8) is 0 Å². The second kappa shape index (κ2) is 4.51. The SMILES string of the molecule is C[C@@H]1CC2OC2(O)[C@@]2(C)CC[C@H]3[C@H](C)CC[C@@H](C[C@H]12)C3(C)C. The second-order valence-corrected chi connectivity index (χ2v) is 9.99. The fraction of sp³-hybridized carbons (Fsp3) is 1.00. The Morgan fingerprint density at radius 1 is 0.909 bits per heavy atom. The third-order valence-corrected chi connectivity index (χ3v) is 8.79. The van der Waals surface area contributed by atoms with E-state index in [2.05, 4.69) is 34.6 Å². The molecule has 8 atom stereocenters. The Kier molecular flexibility index (Phi) is 3.16. The van der Waals surface area contributed by atoms with Crippen LogP contribution in [0, 0.1) is 40.4 Å². The van der Waals surface area contributed by atoms with Crippen molar-refractivity contribution in [2.75, 3.05) is 0 Å². The molecule has 4 fully saturated rings. The van der Waals surface area contributed by atoms with Crippen LogP contribution in [0.2, 0.25) is 0 Å². The van der Waals surface area contributed by atoms with Crippen LogP contribution in [0.1, 0.15) is 73.1 Å². The second-order valence-electron chi connectivity index (χ2n) is 9.99. The molecule has 2 bridgehead atoms. The molecule has 2 unspecified atom stereocenters. The molecule has 1 saturated heterocycles. The Bertz CT molecular complexity index is 472. The maximum absolute atomic E-state index is 11.1. The van der Waals surface area contributed by atoms with Crippen molar-refractivity contribution in [3.05, 3.63) is 0 Å². The van der Waals surface area contributed by atoms with Gasteiger partial charge in [-0.15, -0.1) is 0 Å². The van der Waals surface area contributed by atoms with Crippen molar-refractivity contribution < 1.29 is 9.84 Å². The first-order valence-electron chi connectivity index (χ1n) is 9.60. The van der Waals surface area contributed by atoms with E-state index >= 15 is 0 Å². The highest BCUT2D eigenvalue weighted by Crippen LogP contribution is 2.67. The molecule has 22 heavy (non-hydrogen) atoms. The third kappa shape index (κ3) is 1.80. The molecule has 4 rings (SSSR count). The Morgan fingerprint density at radius 3 is 2.36 bits per heavy atom. The zero-order chi connectivity index (χ0) is 15.9. The number of hydrogen-bond donors (Lipinski definition) is 1. The third-order valence-electron chi connectivity index (χ3n) is 8.79. The lowest BCUT2D eigenvalue weighted by molar-refractivity contribution is -0.155. The van der Waals surface area contributed by atoms with Crippen LogP contribution < -0.4 is 0 Å². The van der Waals surface area contributed by atoms with Gasteiger partial charge in [-0.2, -0.15) is 0 Å². The first-order chi connectivity index (χ1) is 10.2. The minimum absolute atomic E-state index is 0.0284. The summed E-state index contributed by atoms with van der Waals surface area (Å²) in [5, 5.41) is 11.1. The molecule has 0 amide bonds. The summed E-state index contributed by atoms with van der Waals surface area (Å²) in [4.78, 5) is 0. The molecule has 0 aromatic heterocycles. The first-order valence-corrected chi connectivity index (χ1v) is 9.60. The van der Waals surface area contributed by atoms with Crippen LogP contribution in [0.4, 0.5) is 0 Å². The normalized spacial score (nSPS) is 59.7. The van der Waals surface area contributed by atoms with Crippen molar-refractivity contribution in [2.24, 2.45) is 40.4 Å². The van der Waals surface area contributed by atoms with Crippen LogP contribution in [0.5, 0.6) is 0 Å². The molecule has 0 radical (unpaired) electrons. The monoisotopic (exact) mass is 306 g/mol. The van der Waals surface area contributed by atoms with E-state index in [4.69, 9.17) is 4.74 Å². The van der Waals surface area contributed by atoms with Gasteiger partial charge in [0.2, 0.25) is 0 Å². The number of epoxide rings is 1. The largest absolute Gasteiger partial charge is 0.363 e. The molecule has 0 aromatic carbocycles. The Balaban J connectivity index is 1.71. The molecule has 2 heteroatoms. The number of ether oxygens (including phenoxy) is 1. The summed E-state index contributed by atoms with van der Waals surface area (Å²) in [7, 11) is 0. The molecule has 2 nitrogen and oxygen atoms in total. The summed E-state index contributed by atoms with van der Waals surface area (Å²) in [6.07, 6.45) is 7.67. The summed E-state index contributed by atoms with van der Waals surface area (Å²) < 4.78 is 5.86. The summed E-state index contributed by atoms with van der Waals surface area (Å²) in [5.41, 5.74) is 0.433. The summed E-state index contributed by atoms with van der Waals surface area (Å²) in [6.45, 7) is 12.3. The van der Waals surface area contributed by atoms with Gasteiger partial charge < -0.3 is 9.84 Å². The van der Waals surface area contributed by atoms with Gasteiger partial charge in [-0.3, -0.25) is 0 Å². The van der Waals surface area contributed by atoms with Crippen LogP contribution >= 0.6 is 0 Å². The molecule has 0 aromatic rings. The van der Waals surface area contributed by atoms with Gasteiger partial charge in [0.25, 0.3) is 0 Å². The molecule has 3 aliphatic carbocycles. The van der Waals surface area contributed by atoms with Crippen LogP contribution in [-0.4, -0.2) is 17.0 Å². The Hall–Kier alpha value is -0.0800. The van der Waals surface area contributed by atoms with E-state index < -0.39 is 5.79 Å². The molecule has 1 heterocycles. The predicted octanol–water partition coefficient (Wildman–Crippen LogP) is 4.61. The molecule has 4 aliphatic rings. The smallest absolute Gasteiger partial charge is 0.198 e. The fourth-order valence-corrected chi connectivity index (χ4v) is 7.06. The summed E-state index contributed by atoms with van der Waals surface area (Å²) in [5.74, 6) is 2.96. The van der Waals surface area contributed by atoms with Crippen molar-refractivity contribution in [2.45, 2.75) is 85.0 Å². The lowest BCUT2D eigenvalue weighted by Crippen LogP contribution is -2.54. The fourth-order valence-electron chi connectivity index (χ4n) is 7.06. The van der Waals surface area contributed by atoms with E-state index in [-0.39, 0.29) is 11.5 Å². The molecule has 3 saturated carbocycles. The lowest BCUT2D eigenvalue weighted by Gasteiger charge is -2.57. The predicted molar refractivity (Wildman–Crippen MR) is 88.2 cm³/mol. The van der Waals surface area contributed by atoms with Gasteiger partial charge in [-0.1, -0.05) is 41.0 Å². The van der Waals surface area contributed by atoms with E-state index in [9.17, 15) is 5.11 Å². The van der Waals surface area contributed by atoms with E-state index in [0.29, 0.717) is 17.3 Å². The maximum Gasteiger partial charge on any atom is 0.198 e. The number of aliphatic hydroxyl groups is 1. The van der Waals surface area contributed by atoms with E-state index in [0.717, 1.165) is 30.6 Å². The maximum atomic E-state index is 11.1. The van der Waals surface area contributed by atoms with Crippen LogP contribution in [0.15, 0.2) is 0 Å². The van der Waals surface area contributed by atoms with E-state index in [1.807, 2.05) is 0 Å². The minimum atomic E-state index is -0.802. The highest BCUT2D eigenvalue weighted by molar-refractivity contribution is 5.14. The van der Waals surface area contributed by atoms with Crippen molar-refractivity contribution >= 4 is 0 Å². The minimum Gasteiger partial charge on any atom is -0.363 e. The average molecular weight is 306 g/mol.